The lowest BCUT2D eigenvalue weighted by molar-refractivity contribution is -0.133. The van der Waals surface area contributed by atoms with E-state index >= 15 is 0 Å². The van der Waals surface area contributed by atoms with Gasteiger partial charge in [0.05, 0.1) is 17.9 Å². The summed E-state index contributed by atoms with van der Waals surface area (Å²) >= 11 is 1.24. The predicted molar refractivity (Wildman–Crippen MR) is 64.2 cm³/mol. The zero-order valence-electron chi connectivity index (χ0n) is 9.76. The zero-order valence-corrected chi connectivity index (χ0v) is 10.6. The van der Waals surface area contributed by atoms with E-state index in [0.717, 1.165) is 24.5 Å². The number of nitrogens with zero attached hydrogens (tertiary/aromatic N) is 2. The largest absolute Gasteiger partial charge is 0.481 e. The molecule has 1 aliphatic rings. The van der Waals surface area contributed by atoms with E-state index in [2.05, 4.69) is 4.98 Å². The monoisotopic (exact) mass is 256 g/mol. The molecule has 1 heterocycles. The third kappa shape index (κ3) is 2.81. The maximum Gasteiger partial charge on any atom is 0.313 e. The maximum absolute atomic E-state index is 10.5. The minimum atomic E-state index is -0.824. The standard InChI is InChI=1S/C11H16N2O3S/c1-16-11(3-2-4-11)8-13-6-5-12-10(13)17-7-9(14)15/h5-6H,2-4,7-8H2,1H3,(H,14,15). The minimum absolute atomic E-state index is 0.0387. The molecule has 1 aliphatic carbocycles. The molecular weight excluding hydrogens is 240 g/mol. The summed E-state index contributed by atoms with van der Waals surface area (Å²) in [5, 5.41) is 9.40. The fourth-order valence-electron chi connectivity index (χ4n) is 1.99. The molecule has 6 heteroatoms. The second-order valence-electron chi connectivity index (χ2n) is 4.26. The SMILES string of the molecule is COC1(Cn2ccnc2SCC(=O)O)CCC1. The second kappa shape index (κ2) is 5.10. The molecule has 0 amide bonds. The van der Waals surface area contributed by atoms with Gasteiger partial charge in [-0.2, -0.15) is 0 Å². The molecule has 0 aliphatic heterocycles. The number of rotatable bonds is 6. The van der Waals surface area contributed by atoms with Crippen LogP contribution in [0.25, 0.3) is 0 Å². The highest BCUT2D eigenvalue weighted by molar-refractivity contribution is 7.99. The fraction of sp³-hybridized carbons (Fsp3) is 0.636. The van der Waals surface area contributed by atoms with Crippen LogP contribution in [0.5, 0.6) is 0 Å². The summed E-state index contributed by atoms with van der Waals surface area (Å²) in [6.45, 7) is 0.755. The van der Waals surface area contributed by atoms with Gasteiger partial charge in [0.15, 0.2) is 5.16 Å². The highest BCUT2D eigenvalue weighted by Gasteiger charge is 2.37. The van der Waals surface area contributed by atoms with E-state index < -0.39 is 5.97 Å². The van der Waals surface area contributed by atoms with E-state index in [0.29, 0.717) is 0 Å². The lowest BCUT2D eigenvalue weighted by Gasteiger charge is -2.40. The molecule has 1 aromatic rings. The Hall–Kier alpha value is -1.01. The lowest BCUT2D eigenvalue weighted by atomic mass is 9.80. The van der Waals surface area contributed by atoms with Crippen LogP contribution in [0.2, 0.25) is 0 Å². The molecular formula is C11H16N2O3S. The number of carboxylic acid groups (broad SMARTS) is 1. The summed E-state index contributed by atoms with van der Waals surface area (Å²) in [5.41, 5.74) is -0.0702. The second-order valence-corrected chi connectivity index (χ2v) is 5.20. The molecule has 0 bridgehead atoms. The normalized spacial score (nSPS) is 17.7. The third-order valence-corrected chi connectivity index (χ3v) is 4.15. The van der Waals surface area contributed by atoms with Crippen LogP contribution < -0.4 is 0 Å². The topological polar surface area (TPSA) is 64.4 Å². The van der Waals surface area contributed by atoms with Crippen molar-refractivity contribution in [3.63, 3.8) is 0 Å². The van der Waals surface area contributed by atoms with Gasteiger partial charge in [0.1, 0.15) is 0 Å². The molecule has 94 valence electrons. The summed E-state index contributed by atoms with van der Waals surface area (Å²) < 4.78 is 7.54. The molecule has 0 spiro atoms. The predicted octanol–water partition coefficient (Wildman–Crippen LogP) is 1.63. The number of hydrogen-bond donors (Lipinski definition) is 1. The Labute approximate surface area is 104 Å². The van der Waals surface area contributed by atoms with Gasteiger partial charge in [0.25, 0.3) is 0 Å². The number of thioether (sulfide) groups is 1. The van der Waals surface area contributed by atoms with Crippen molar-refractivity contribution in [2.24, 2.45) is 0 Å². The van der Waals surface area contributed by atoms with Gasteiger partial charge in [-0.05, 0) is 19.3 Å². The first-order valence-corrected chi connectivity index (χ1v) is 6.55. The van der Waals surface area contributed by atoms with Crippen LogP contribution in [-0.4, -0.2) is 39.1 Å². The number of aliphatic carboxylic acids is 1. The average Bonchev–Trinajstić information content (AvgIpc) is 2.67. The maximum atomic E-state index is 10.5. The van der Waals surface area contributed by atoms with Crippen molar-refractivity contribution in [3.8, 4) is 0 Å². The molecule has 0 radical (unpaired) electrons. The Bertz CT molecular complexity index is 396. The quantitative estimate of drug-likeness (QED) is 0.784. The summed E-state index contributed by atoms with van der Waals surface area (Å²) in [4.78, 5) is 14.7. The summed E-state index contributed by atoms with van der Waals surface area (Å²) in [6, 6.07) is 0. The van der Waals surface area contributed by atoms with Crippen LogP contribution in [0.4, 0.5) is 0 Å². The van der Waals surface area contributed by atoms with Crippen LogP contribution in [-0.2, 0) is 16.1 Å². The Morgan fingerprint density at radius 3 is 3.00 bits per heavy atom. The summed E-state index contributed by atoms with van der Waals surface area (Å²) in [5.74, 6) is -0.786. The van der Waals surface area contributed by atoms with Crippen LogP contribution in [0.3, 0.4) is 0 Å². The van der Waals surface area contributed by atoms with Gasteiger partial charge in [-0.3, -0.25) is 4.79 Å². The van der Waals surface area contributed by atoms with Crippen molar-refractivity contribution in [1.29, 1.82) is 0 Å². The van der Waals surface area contributed by atoms with Crippen molar-refractivity contribution in [1.82, 2.24) is 9.55 Å². The molecule has 1 fully saturated rings. The number of hydrogen-bond acceptors (Lipinski definition) is 4. The molecule has 0 atom stereocenters. The number of methoxy groups -OCH3 is 1. The highest BCUT2D eigenvalue weighted by atomic mass is 32.2. The van der Waals surface area contributed by atoms with Gasteiger partial charge in [0, 0.05) is 19.5 Å². The molecule has 1 aromatic heterocycles. The first kappa shape index (κ1) is 12.4. The third-order valence-electron chi connectivity index (χ3n) is 3.16. The van der Waals surface area contributed by atoms with Crippen molar-refractivity contribution >= 4 is 17.7 Å². The molecule has 0 unspecified atom stereocenters. The molecule has 17 heavy (non-hydrogen) atoms. The zero-order chi connectivity index (χ0) is 12.3. The van der Waals surface area contributed by atoms with Crippen LogP contribution in [0.1, 0.15) is 19.3 Å². The number of carboxylic acids is 1. The number of aromatic nitrogens is 2. The van der Waals surface area contributed by atoms with E-state index in [-0.39, 0.29) is 11.4 Å². The van der Waals surface area contributed by atoms with E-state index in [1.807, 2.05) is 10.8 Å². The minimum Gasteiger partial charge on any atom is -0.481 e. The number of ether oxygens (including phenoxy) is 1. The average molecular weight is 256 g/mol. The Morgan fingerprint density at radius 2 is 2.47 bits per heavy atom. The number of imidazole rings is 1. The molecule has 0 aromatic carbocycles. The van der Waals surface area contributed by atoms with Crippen molar-refractivity contribution in [3.05, 3.63) is 12.4 Å². The Balaban J connectivity index is 2.00. The van der Waals surface area contributed by atoms with E-state index in [1.54, 1.807) is 13.3 Å². The molecule has 0 saturated heterocycles. The van der Waals surface area contributed by atoms with Crippen LogP contribution in [0.15, 0.2) is 17.6 Å². The van der Waals surface area contributed by atoms with Gasteiger partial charge >= 0.3 is 5.97 Å². The lowest BCUT2D eigenvalue weighted by Crippen LogP contribution is -2.43. The van der Waals surface area contributed by atoms with Crippen molar-refractivity contribution in [2.75, 3.05) is 12.9 Å². The molecule has 2 rings (SSSR count). The van der Waals surface area contributed by atoms with Gasteiger partial charge in [-0.1, -0.05) is 11.8 Å². The van der Waals surface area contributed by atoms with Gasteiger partial charge in [-0.15, -0.1) is 0 Å². The van der Waals surface area contributed by atoms with E-state index in [4.69, 9.17) is 9.84 Å². The summed E-state index contributed by atoms with van der Waals surface area (Å²) in [6.07, 6.45) is 6.89. The number of carbonyl (C=O) groups is 1. The Kier molecular flexibility index (Phi) is 3.73. The van der Waals surface area contributed by atoms with E-state index in [1.165, 1.54) is 18.2 Å². The highest BCUT2D eigenvalue weighted by Crippen LogP contribution is 2.37. The van der Waals surface area contributed by atoms with Crippen molar-refractivity contribution in [2.45, 2.75) is 36.6 Å². The fourth-order valence-corrected chi connectivity index (χ4v) is 2.67. The first-order chi connectivity index (χ1) is 8.15. The van der Waals surface area contributed by atoms with Crippen LogP contribution >= 0.6 is 11.8 Å². The van der Waals surface area contributed by atoms with Gasteiger partial charge in [0.2, 0.25) is 0 Å². The summed E-state index contributed by atoms with van der Waals surface area (Å²) in [7, 11) is 1.74. The van der Waals surface area contributed by atoms with E-state index in [9.17, 15) is 4.79 Å². The molecule has 5 nitrogen and oxygen atoms in total. The molecule has 1 N–H and O–H groups in total. The first-order valence-electron chi connectivity index (χ1n) is 5.56. The molecule has 1 saturated carbocycles. The Morgan fingerprint density at radius 1 is 1.71 bits per heavy atom. The van der Waals surface area contributed by atoms with Gasteiger partial charge < -0.3 is 14.4 Å². The van der Waals surface area contributed by atoms with Crippen molar-refractivity contribution < 1.29 is 14.6 Å². The smallest absolute Gasteiger partial charge is 0.313 e. The van der Waals surface area contributed by atoms with Gasteiger partial charge in [-0.25, -0.2) is 4.98 Å². The van der Waals surface area contributed by atoms with Crippen LogP contribution in [0, 0.1) is 0 Å².